The number of nitrogens with one attached hydrogen (secondary N) is 1. The van der Waals surface area contributed by atoms with Crippen molar-refractivity contribution in [1.82, 2.24) is 0 Å². The fourth-order valence-corrected chi connectivity index (χ4v) is 10.9. The zero-order chi connectivity index (χ0) is 18.8. The van der Waals surface area contributed by atoms with Crippen LogP contribution in [0.25, 0.3) is 4.85 Å². The number of carbonyl (C=O) groups excluding carboxylic acids is 1. The van der Waals surface area contributed by atoms with Crippen molar-refractivity contribution >= 4 is 24.5 Å². The van der Waals surface area contributed by atoms with Crippen molar-refractivity contribution in [3.05, 3.63) is 34.7 Å². The van der Waals surface area contributed by atoms with Gasteiger partial charge in [-0.15, -0.1) is 0 Å². The van der Waals surface area contributed by atoms with Crippen LogP contribution < -0.4 is 5.32 Å². The van der Waals surface area contributed by atoms with Crippen LogP contribution >= 0.6 is 7.26 Å². The van der Waals surface area contributed by atoms with Gasteiger partial charge in [0.2, 0.25) is 0 Å². The zero-order valence-corrected chi connectivity index (χ0v) is 20.8. The summed E-state index contributed by atoms with van der Waals surface area (Å²) in [5.41, 5.74) is 3.59. The van der Waals surface area contributed by atoms with Gasteiger partial charge in [0.15, 0.2) is 10.8 Å². The number of rotatable bonds is 4. The van der Waals surface area contributed by atoms with E-state index in [-0.39, 0.29) is 43.8 Å². The van der Waals surface area contributed by atoms with Gasteiger partial charge in [-0.25, -0.2) is 4.85 Å². The molecule has 1 amide bonds. The molecule has 0 aromatic heterocycles. The second-order valence-corrected chi connectivity index (χ2v) is 12.9. The van der Waals surface area contributed by atoms with Crippen molar-refractivity contribution in [2.45, 2.75) is 70.9 Å². The van der Waals surface area contributed by atoms with Crippen LogP contribution in [0.15, 0.2) is 12.1 Å². The van der Waals surface area contributed by atoms with E-state index in [0.29, 0.717) is 5.69 Å². The van der Waals surface area contributed by atoms with Crippen LogP contribution in [0.4, 0.5) is 11.4 Å². The molecule has 1 saturated heterocycles. The smallest absolute Gasteiger partial charge is 0.268 e. The third-order valence-electron chi connectivity index (χ3n) is 6.92. The van der Waals surface area contributed by atoms with Gasteiger partial charge in [-0.3, -0.25) is 4.79 Å². The second kappa shape index (κ2) is 9.47. The maximum absolute atomic E-state index is 13.6. The number of aryl methyl sites for hydroxylation is 2. The monoisotopic (exact) mass is 460 g/mol. The van der Waals surface area contributed by atoms with Crippen LogP contribution in [0.2, 0.25) is 0 Å². The first-order valence-corrected chi connectivity index (χ1v) is 12.5. The summed E-state index contributed by atoms with van der Waals surface area (Å²) < 4.78 is 0. The Morgan fingerprint density at radius 2 is 1.67 bits per heavy atom. The SMILES string of the molecule is [C-]#[N+]c1cc(C)c(NC(=O)C2([P+]3(CC)CCCCCC3)CCC2)c(C)c1.[Y]. The molecule has 5 heteroatoms. The minimum atomic E-state index is -1.25. The van der Waals surface area contributed by atoms with Crippen molar-refractivity contribution in [2.24, 2.45) is 0 Å². The molecule has 1 aromatic carbocycles. The minimum Gasteiger partial charge on any atom is -0.322 e. The Kier molecular flexibility index (Phi) is 8.07. The van der Waals surface area contributed by atoms with Crippen LogP contribution in [0.5, 0.6) is 0 Å². The molecule has 143 valence electrons. The summed E-state index contributed by atoms with van der Waals surface area (Å²) in [5, 5.41) is 3.26. The Bertz CT molecular complexity index is 705. The molecule has 0 atom stereocenters. The quantitative estimate of drug-likeness (QED) is 0.414. The first-order chi connectivity index (χ1) is 12.5. The summed E-state index contributed by atoms with van der Waals surface area (Å²) in [6, 6.07) is 3.78. The predicted octanol–water partition coefficient (Wildman–Crippen LogP) is 6.32. The van der Waals surface area contributed by atoms with E-state index in [1.165, 1.54) is 50.6 Å². The summed E-state index contributed by atoms with van der Waals surface area (Å²) in [7, 11) is -1.25. The standard InChI is InChI=1S/C22H31N2OP.Y/c1-5-26(13-8-6-7-9-14-26)22(11-10-12-22)21(25)24-20-17(2)15-19(23-4)16-18(20)3;/h15-16H,5-14H2,1-3H3;/p+1. The number of hydrogen-bond donors (Lipinski definition) is 1. The molecular formula is C22H32N2OPY+. The van der Waals surface area contributed by atoms with Crippen LogP contribution in [0, 0.1) is 20.4 Å². The molecule has 1 aliphatic carbocycles. The number of benzene rings is 1. The molecule has 0 spiro atoms. The van der Waals surface area contributed by atoms with Crippen LogP contribution in [0.1, 0.15) is 63.0 Å². The number of nitrogens with zero attached hydrogens (tertiary/aromatic N) is 1. The third-order valence-corrected chi connectivity index (χ3v) is 12.9. The number of hydrogen-bond acceptors (Lipinski definition) is 1. The average molecular weight is 460 g/mol. The fraction of sp³-hybridized carbons (Fsp3) is 0.636. The molecule has 1 saturated carbocycles. The predicted molar refractivity (Wildman–Crippen MR) is 113 cm³/mol. The largest absolute Gasteiger partial charge is 0.322 e. The summed E-state index contributed by atoms with van der Waals surface area (Å²) in [6.45, 7) is 13.6. The minimum absolute atomic E-state index is 0. The van der Waals surface area contributed by atoms with E-state index < -0.39 is 7.26 Å². The fourth-order valence-electron chi connectivity index (χ4n) is 5.20. The molecule has 1 heterocycles. The van der Waals surface area contributed by atoms with E-state index in [2.05, 4.69) is 17.1 Å². The van der Waals surface area contributed by atoms with E-state index in [1.807, 2.05) is 26.0 Å². The van der Waals surface area contributed by atoms with Gasteiger partial charge in [0.25, 0.3) is 5.91 Å². The Labute approximate surface area is 190 Å². The molecule has 27 heavy (non-hydrogen) atoms. The molecule has 2 fully saturated rings. The molecule has 1 N–H and O–H groups in total. The van der Waals surface area contributed by atoms with Gasteiger partial charge >= 0.3 is 0 Å². The first kappa shape index (κ1) is 23.0. The van der Waals surface area contributed by atoms with Gasteiger partial charge in [-0.2, -0.15) is 0 Å². The third kappa shape index (κ3) is 4.19. The summed E-state index contributed by atoms with van der Waals surface area (Å²) in [5.74, 6) is 0.280. The summed E-state index contributed by atoms with van der Waals surface area (Å²) in [6.07, 6.45) is 12.5. The zero-order valence-electron chi connectivity index (χ0n) is 17.1. The topological polar surface area (TPSA) is 33.5 Å². The molecular weight excluding hydrogens is 428 g/mol. The van der Waals surface area contributed by atoms with E-state index in [9.17, 15) is 4.79 Å². The maximum Gasteiger partial charge on any atom is 0.268 e. The molecule has 1 radical (unpaired) electrons. The van der Waals surface area contributed by atoms with Crippen LogP contribution in [-0.2, 0) is 37.5 Å². The number of carbonyl (C=O) groups is 1. The van der Waals surface area contributed by atoms with Gasteiger partial charge in [0, 0.05) is 45.7 Å². The van der Waals surface area contributed by atoms with Crippen molar-refractivity contribution in [3.63, 3.8) is 0 Å². The van der Waals surface area contributed by atoms with Gasteiger partial charge in [0.1, 0.15) is 0 Å². The summed E-state index contributed by atoms with van der Waals surface area (Å²) >= 11 is 0. The van der Waals surface area contributed by atoms with Gasteiger partial charge < -0.3 is 5.32 Å². The van der Waals surface area contributed by atoms with Gasteiger partial charge in [0.05, 0.1) is 25.1 Å². The van der Waals surface area contributed by atoms with E-state index in [1.54, 1.807) is 0 Å². The van der Waals surface area contributed by atoms with Crippen LogP contribution in [-0.4, -0.2) is 29.5 Å². The molecule has 3 nitrogen and oxygen atoms in total. The second-order valence-electron chi connectivity index (χ2n) is 8.23. The molecule has 1 aliphatic heterocycles. The number of anilines is 1. The van der Waals surface area contributed by atoms with E-state index in [0.717, 1.165) is 29.7 Å². The van der Waals surface area contributed by atoms with E-state index >= 15 is 0 Å². The Morgan fingerprint density at radius 3 is 2.07 bits per heavy atom. The summed E-state index contributed by atoms with van der Waals surface area (Å²) in [4.78, 5) is 17.1. The number of amides is 1. The van der Waals surface area contributed by atoms with Gasteiger partial charge in [-0.1, -0.05) is 12.1 Å². The van der Waals surface area contributed by atoms with Crippen molar-refractivity contribution in [1.29, 1.82) is 0 Å². The Hall–Kier alpha value is -0.286. The molecule has 1 aromatic rings. The van der Waals surface area contributed by atoms with E-state index in [4.69, 9.17) is 6.57 Å². The average Bonchev–Trinajstić information content (AvgIpc) is 2.83. The normalized spacial score (nSPS) is 20.4. The molecule has 0 bridgehead atoms. The van der Waals surface area contributed by atoms with Crippen LogP contribution in [0.3, 0.4) is 0 Å². The molecule has 3 rings (SSSR count). The first-order valence-electron chi connectivity index (χ1n) is 10.1. The van der Waals surface area contributed by atoms with Crippen molar-refractivity contribution in [3.8, 4) is 0 Å². The Morgan fingerprint density at radius 1 is 1.11 bits per heavy atom. The van der Waals surface area contributed by atoms with Gasteiger partial charge in [-0.05, 0) is 76.8 Å². The maximum atomic E-state index is 13.6. The van der Waals surface area contributed by atoms with Crippen molar-refractivity contribution in [2.75, 3.05) is 23.8 Å². The Balaban J connectivity index is 0.00000261. The molecule has 0 unspecified atom stereocenters. The van der Waals surface area contributed by atoms with Crippen molar-refractivity contribution < 1.29 is 37.5 Å². The molecule has 2 aliphatic rings.